The quantitative estimate of drug-likeness (QED) is 0.0712. The van der Waals surface area contributed by atoms with E-state index in [2.05, 4.69) is 16.9 Å². The van der Waals surface area contributed by atoms with Gasteiger partial charge in [0, 0.05) is 30.1 Å². The van der Waals surface area contributed by atoms with Crippen molar-refractivity contribution in [2.75, 3.05) is 6.54 Å². The van der Waals surface area contributed by atoms with Crippen LogP contribution in [-0.2, 0) is 19.1 Å². The number of H-pyrrole nitrogens is 1. The smallest absolute Gasteiger partial charge is 0.330 e. The van der Waals surface area contributed by atoms with Gasteiger partial charge in [-0.25, -0.2) is 9.59 Å². The fraction of sp³-hybridized carbons (Fsp3) is 0.800. The van der Waals surface area contributed by atoms with Gasteiger partial charge in [0.2, 0.25) is 5.91 Å². The highest BCUT2D eigenvalue weighted by Crippen LogP contribution is 2.38. The maximum atomic E-state index is 13.4. The number of hydrogen-bond acceptors (Lipinski definition) is 9. The number of aliphatic hydroxyl groups is 2. The molecule has 2 saturated heterocycles. The van der Waals surface area contributed by atoms with Crippen LogP contribution in [0.1, 0.15) is 109 Å². The minimum atomic E-state index is -1.69. The van der Waals surface area contributed by atoms with Crippen LogP contribution < -0.4 is 11.2 Å². The van der Waals surface area contributed by atoms with Crippen LogP contribution in [0.25, 0.3) is 10.4 Å². The molecule has 0 unspecified atom stereocenters. The highest BCUT2D eigenvalue weighted by Gasteiger charge is 2.58. The van der Waals surface area contributed by atoms with Crippen molar-refractivity contribution >= 4 is 11.9 Å². The lowest BCUT2D eigenvalue weighted by atomic mass is 9.99. The summed E-state index contributed by atoms with van der Waals surface area (Å²) < 4.78 is 12.6. The third-order valence-electron chi connectivity index (χ3n) is 8.53. The second kappa shape index (κ2) is 18.7. The zero-order valence-electron chi connectivity index (χ0n) is 26.0. The van der Waals surface area contributed by atoms with E-state index in [9.17, 15) is 34.5 Å². The van der Waals surface area contributed by atoms with Gasteiger partial charge in [-0.2, -0.15) is 0 Å². The van der Waals surface area contributed by atoms with Crippen LogP contribution in [0.4, 0.5) is 0 Å². The summed E-state index contributed by atoms with van der Waals surface area (Å²) in [6, 6.07) is -0.542. The number of hydrogen-bond donors (Lipinski definition) is 4. The van der Waals surface area contributed by atoms with E-state index in [0.29, 0.717) is 6.42 Å². The molecule has 0 aliphatic carbocycles. The maximum Gasteiger partial charge on any atom is 0.330 e. The lowest BCUT2D eigenvalue weighted by molar-refractivity contribution is -0.152. The molecule has 1 aromatic rings. The van der Waals surface area contributed by atoms with Gasteiger partial charge in [-0.3, -0.25) is 19.1 Å². The van der Waals surface area contributed by atoms with Crippen LogP contribution in [0.15, 0.2) is 27.0 Å². The second-order valence-corrected chi connectivity index (χ2v) is 11.9. The van der Waals surface area contributed by atoms with Crippen molar-refractivity contribution in [3.05, 3.63) is 43.5 Å². The Bertz CT molecular complexity index is 1250. The van der Waals surface area contributed by atoms with Gasteiger partial charge in [-0.1, -0.05) is 89.1 Å². The Morgan fingerprint density at radius 2 is 1.53 bits per heavy atom. The molecular formula is C30H48N6O9. The Kier molecular flexibility index (Phi) is 15.0. The van der Waals surface area contributed by atoms with Crippen molar-refractivity contribution in [1.29, 1.82) is 0 Å². The van der Waals surface area contributed by atoms with Crippen LogP contribution in [-0.4, -0.2) is 84.9 Å². The summed E-state index contributed by atoms with van der Waals surface area (Å²) in [5.41, 5.74) is 7.15. The molecule has 1 aromatic heterocycles. The molecule has 15 heteroatoms. The van der Waals surface area contributed by atoms with E-state index in [1.807, 2.05) is 4.98 Å². The van der Waals surface area contributed by atoms with Gasteiger partial charge in [-0.15, -0.1) is 0 Å². The van der Waals surface area contributed by atoms with Crippen molar-refractivity contribution in [2.24, 2.45) is 5.11 Å². The normalized spacial score (nSPS) is 26.2. The maximum absolute atomic E-state index is 13.4. The third-order valence-corrected chi connectivity index (χ3v) is 8.53. The number of rotatable bonds is 20. The number of carboxylic acids is 1. The van der Waals surface area contributed by atoms with E-state index in [-0.39, 0.29) is 19.4 Å². The Balaban J connectivity index is 1.58. The number of azide groups is 1. The lowest BCUT2D eigenvalue weighted by Gasteiger charge is -2.28. The van der Waals surface area contributed by atoms with E-state index in [1.165, 1.54) is 51.4 Å². The number of nitrogens with one attached hydrogen (secondary N) is 1. The number of ether oxygens (including phenoxy) is 2. The monoisotopic (exact) mass is 636 g/mol. The van der Waals surface area contributed by atoms with Crippen LogP contribution in [0.5, 0.6) is 0 Å². The average molecular weight is 637 g/mol. The minimum absolute atomic E-state index is 0.00284. The molecule has 4 N–H and O–H groups in total. The first-order chi connectivity index (χ1) is 21.7. The molecule has 3 heterocycles. The lowest BCUT2D eigenvalue weighted by Crippen LogP contribution is -2.52. The van der Waals surface area contributed by atoms with E-state index < -0.39 is 66.0 Å². The van der Waals surface area contributed by atoms with Crippen molar-refractivity contribution in [2.45, 2.75) is 146 Å². The third kappa shape index (κ3) is 10.1. The number of aliphatic hydroxyl groups excluding tert-OH is 2. The summed E-state index contributed by atoms with van der Waals surface area (Å²) in [7, 11) is 0. The molecule has 0 spiro atoms. The molecule has 15 nitrogen and oxygen atoms in total. The van der Waals surface area contributed by atoms with Crippen LogP contribution >= 0.6 is 0 Å². The number of aromatic nitrogens is 2. The number of amides is 1. The first-order valence-corrected chi connectivity index (χ1v) is 16.2. The van der Waals surface area contributed by atoms with Crippen LogP contribution in [0.2, 0.25) is 0 Å². The number of carboxylic acid groups (broad SMARTS) is 1. The number of nitrogens with zero attached hydrogens (tertiary/aromatic N) is 5. The van der Waals surface area contributed by atoms with Crippen molar-refractivity contribution in [1.82, 2.24) is 14.5 Å². The zero-order valence-corrected chi connectivity index (χ0v) is 26.0. The van der Waals surface area contributed by atoms with Gasteiger partial charge in [0.15, 0.2) is 12.3 Å². The van der Waals surface area contributed by atoms with Crippen molar-refractivity contribution in [3.63, 3.8) is 0 Å². The van der Waals surface area contributed by atoms with E-state index in [1.54, 1.807) is 0 Å². The number of unbranched alkanes of at least 4 members (excludes halogenated alkanes) is 12. The molecule has 3 rings (SSSR count). The molecule has 45 heavy (non-hydrogen) atoms. The van der Waals surface area contributed by atoms with E-state index >= 15 is 0 Å². The molecule has 0 saturated carbocycles. The summed E-state index contributed by atoms with van der Waals surface area (Å²) in [5, 5.41) is 35.2. The van der Waals surface area contributed by atoms with Gasteiger partial charge in [-0.05, 0) is 18.4 Å². The molecule has 1 amide bonds. The van der Waals surface area contributed by atoms with Gasteiger partial charge in [0.05, 0.1) is 0 Å². The number of aliphatic carboxylic acids is 1. The van der Waals surface area contributed by atoms with E-state index in [0.717, 1.165) is 47.4 Å². The molecule has 2 aliphatic rings. The summed E-state index contributed by atoms with van der Waals surface area (Å²) in [6.07, 6.45) is 7.21. The first-order valence-electron chi connectivity index (χ1n) is 16.2. The molecule has 0 aromatic carbocycles. The summed E-state index contributed by atoms with van der Waals surface area (Å²) in [4.78, 5) is 55.6. The fourth-order valence-electron chi connectivity index (χ4n) is 6.15. The van der Waals surface area contributed by atoms with Crippen molar-refractivity contribution < 1.29 is 34.4 Å². The predicted octanol–water partition coefficient (Wildman–Crippen LogP) is 3.34. The molecule has 7 atom stereocenters. The van der Waals surface area contributed by atoms with Crippen LogP contribution in [0, 0.1) is 0 Å². The molecule has 0 radical (unpaired) electrons. The molecular weight excluding hydrogens is 588 g/mol. The predicted molar refractivity (Wildman–Crippen MR) is 163 cm³/mol. The molecule has 0 bridgehead atoms. The Labute approximate surface area is 262 Å². The first kappa shape index (κ1) is 36.2. The van der Waals surface area contributed by atoms with Gasteiger partial charge >= 0.3 is 11.7 Å². The standard InChI is InChI=1S/C30H48N6O9/c1-2-3-4-5-6-7-8-9-10-11-12-13-14-15-21(38)36-22(16-18-32-34-31)44-26(23(36)29(41)42)27-24(39)25(40)28(45-27)35-19-17-20(37)33-30(35)43/h17,19,22-28,39-40H,2-16,18H2,1H3,(H,41,42)(H,33,37,43)/t22-,23+,24+,25-,26+,27+,28-/m1/s1. The molecule has 2 aliphatic heterocycles. The van der Waals surface area contributed by atoms with E-state index in [4.69, 9.17) is 15.0 Å². The van der Waals surface area contributed by atoms with Crippen LogP contribution in [0.3, 0.4) is 0 Å². The van der Waals surface area contributed by atoms with Gasteiger partial charge in [0.25, 0.3) is 5.56 Å². The summed E-state index contributed by atoms with van der Waals surface area (Å²) >= 11 is 0. The van der Waals surface area contributed by atoms with Gasteiger partial charge < -0.3 is 29.7 Å². The number of aromatic amines is 1. The number of carbonyl (C=O) groups excluding carboxylic acids is 1. The summed E-state index contributed by atoms with van der Waals surface area (Å²) in [6.45, 7) is 2.14. The number of carbonyl (C=O) groups is 2. The topological polar surface area (TPSA) is 220 Å². The average Bonchev–Trinajstić information content (AvgIpc) is 3.53. The fourth-order valence-corrected chi connectivity index (χ4v) is 6.15. The second-order valence-electron chi connectivity index (χ2n) is 11.9. The highest BCUT2D eigenvalue weighted by molar-refractivity contribution is 5.85. The van der Waals surface area contributed by atoms with Crippen molar-refractivity contribution in [3.8, 4) is 0 Å². The Morgan fingerprint density at radius 3 is 2.09 bits per heavy atom. The minimum Gasteiger partial charge on any atom is -0.480 e. The Morgan fingerprint density at radius 1 is 0.933 bits per heavy atom. The summed E-state index contributed by atoms with van der Waals surface area (Å²) in [5.74, 6) is -1.86. The Hall–Kier alpha value is -3.23. The zero-order chi connectivity index (χ0) is 32.8. The van der Waals surface area contributed by atoms with Gasteiger partial charge in [0.1, 0.15) is 30.6 Å². The largest absolute Gasteiger partial charge is 0.480 e. The SMILES string of the molecule is CCCCCCCCCCCCCCCC(=O)N1[C@H](C(=O)O)[C@@H]([C@H]2O[C@@H](n3ccc(=O)[nH]c3=O)[C@H](O)[C@@H]2O)O[C@@H]1CCN=[N+]=[N-]. The highest BCUT2D eigenvalue weighted by atomic mass is 16.6. The molecule has 252 valence electrons. The molecule has 2 fully saturated rings.